The number of hydrogen-bond donors (Lipinski definition) is 4. The molecule has 4 saturated heterocycles. The van der Waals surface area contributed by atoms with Gasteiger partial charge in [-0.3, -0.25) is 19.2 Å². The van der Waals surface area contributed by atoms with Gasteiger partial charge < -0.3 is 35.0 Å². The molecule has 0 atom stereocenters. The third-order valence-corrected chi connectivity index (χ3v) is 14.1. The first kappa shape index (κ1) is 50.0. The number of carbonyl (C=O) groups excluding carboxylic acids is 4. The molecule has 0 aliphatic carbocycles. The Bertz CT molecular complexity index is 1770. The molecule has 0 radical (unpaired) electrons. The number of Topliss-reactive ketones (excluding diaryl/α,β-unsaturated/α-hetero) is 1. The van der Waals surface area contributed by atoms with Crippen molar-refractivity contribution in [2.75, 3.05) is 0 Å². The Morgan fingerprint density at radius 3 is 0.919 bits per heavy atom. The van der Waals surface area contributed by atoms with Crippen molar-refractivity contribution in [1.82, 2.24) is 20.3 Å². The fourth-order valence-corrected chi connectivity index (χ4v) is 11.7. The average molecular weight is 873 g/mol. The Labute approximate surface area is 368 Å². The fourth-order valence-electron chi connectivity index (χ4n) is 11.7. The van der Waals surface area contributed by atoms with Gasteiger partial charge in [0.05, 0.1) is 17.8 Å². The van der Waals surface area contributed by atoms with E-state index in [4.69, 9.17) is 14.2 Å². The van der Waals surface area contributed by atoms with Crippen LogP contribution in [0.25, 0.3) is 0 Å². The standard InChI is InChI=1S/C47H76N4O11/c1-40(2)20-28(21-41(3,4)48(40)56)34(52)19-33-35(61-38(54)30-24-44(9,10)50(58)45(11,12)25-30)17-32(60-37(53)29-22-42(5,6)49(57)43(7,8)23-29)18-36(33)62-39(55)31-26-46(13,14)51(59)47(15,16)27-31/h17-18,28-31,56-59H,19-27H2,1-16H3. The molecule has 62 heavy (non-hydrogen) atoms. The summed E-state index contributed by atoms with van der Waals surface area (Å²) in [5, 5.41) is 49.1. The molecule has 0 bridgehead atoms. The molecule has 350 valence electrons. The smallest absolute Gasteiger partial charge is 0.314 e. The first-order chi connectivity index (χ1) is 27.9. The molecule has 15 nitrogen and oxygen atoms in total. The molecule has 0 saturated carbocycles. The lowest BCUT2D eigenvalue weighted by atomic mass is 9.73. The second-order valence-electron chi connectivity index (χ2n) is 24.0. The quantitative estimate of drug-likeness (QED) is 0.137. The molecule has 15 heteroatoms. The van der Waals surface area contributed by atoms with Crippen LogP contribution in [0.2, 0.25) is 0 Å². The Morgan fingerprint density at radius 1 is 0.435 bits per heavy atom. The Hall–Kier alpha value is -3.02. The molecule has 4 fully saturated rings. The largest absolute Gasteiger partial charge is 0.426 e. The number of rotatable bonds is 9. The van der Waals surface area contributed by atoms with E-state index in [0.29, 0.717) is 12.8 Å². The SMILES string of the molecule is CC1(C)CC(C(=O)Cc2c(OC(=O)C3CC(C)(C)N(O)C(C)(C)C3)cc(OC(=O)C3CC(C)(C)N(O)C(C)(C)C3)cc2OC(=O)C2CC(C)(C)N(O)C(C)(C)C2)CC(C)(C)N1O. The van der Waals surface area contributed by atoms with Crippen molar-refractivity contribution in [1.29, 1.82) is 0 Å². The van der Waals surface area contributed by atoms with Crippen LogP contribution in [0.3, 0.4) is 0 Å². The summed E-state index contributed by atoms with van der Waals surface area (Å²) in [5.74, 6) is -4.84. The van der Waals surface area contributed by atoms with Crippen LogP contribution in [0.15, 0.2) is 12.1 Å². The fraction of sp³-hybridized carbons (Fsp3) is 0.787. The van der Waals surface area contributed by atoms with Crippen molar-refractivity contribution in [3.8, 4) is 17.2 Å². The highest BCUT2D eigenvalue weighted by atomic mass is 16.6. The molecule has 4 N–H and O–H groups in total. The van der Waals surface area contributed by atoms with E-state index in [1.54, 1.807) is 0 Å². The van der Waals surface area contributed by atoms with Gasteiger partial charge in [-0.2, -0.15) is 20.3 Å². The number of ether oxygens (including phenoxy) is 3. The highest BCUT2D eigenvalue weighted by molar-refractivity contribution is 5.87. The number of nitrogens with zero attached hydrogens (tertiary/aromatic N) is 4. The van der Waals surface area contributed by atoms with Gasteiger partial charge in [-0.05, 0) is 162 Å². The van der Waals surface area contributed by atoms with E-state index in [1.165, 1.54) is 32.4 Å². The average Bonchev–Trinajstić information content (AvgIpc) is 3.10. The second kappa shape index (κ2) is 16.4. The summed E-state index contributed by atoms with van der Waals surface area (Å²) in [4.78, 5) is 57.5. The van der Waals surface area contributed by atoms with Crippen LogP contribution in [0.5, 0.6) is 17.2 Å². The number of carbonyl (C=O) groups is 4. The maximum atomic E-state index is 14.6. The van der Waals surface area contributed by atoms with E-state index in [0.717, 1.165) is 0 Å². The molecule has 1 aromatic rings. The minimum absolute atomic E-state index is 0.0635. The Balaban J connectivity index is 1.62. The molecule has 5 rings (SSSR count). The number of piperidine rings is 4. The lowest BCUT2D eigenvalue weighted by molar-refractivity contribution is -0.251. The molecule has 4 aliphatic heterocycles. The van der Waals surface area contributed by atoms with Gasteiger partial charge in [-0.25, -0.2) is 0 Å². The maximum absolute atomic E-state index is 14.6. The number of benzene rings is 1. The first-order valence-corrected chi connectivity index (χ1v) is 22.2. The van der Waals surface area contributed by atoms with Gasteiger partial charge in [0.15, 0.2) is 0 Å². The zero-order valence-corrected chi connectivity index (χ0v) is 40.3. The van der Waals surface area contributed by atoms with Crippen molar-refractivity contribution in [2.24, 2.45) is 23.7 Å². The van der Waals surface area contributed by atoms with Crippen molar-refractivity contribution in [3.63, 3.8) is 0 Å². The lowest BCUT2D eigenvalue weighted by Gasteiger charge is -2.51. The second-order valence-corrected chi connectivity index (χ2v) is 24.0. The first-order valence-electron chi connectivity index (χ1n) is 22.2. The van der Waals surface area contributed by atoms with Crippen molar-refractivity contribution < 1.29 is 54.2 Å². The lowest BCUT2D eigenvalue weighted by Crippen LogP contribution is -2.60. The summed E-state index contributed by atoms with van der Waals surface area (Å²) in [6.07, 6.45) is 1.94. The summed E-state index contributed by atoms with van der Waals surface area (Å²) >= 11 is 0. The van der Waals surface area contributed by atoms with Crippen LogP contribution in [-0.2, 0) is 25.6 Å². The van der Waals surface area contributed by atoms with Gasteiger partial charge >= 0.3 is 17.9 Å². The molecule has 1 aromatic carbocycles. The van der Waals surface area contributed by atoms with Gasteiger partial charge in [0, 0.05) is 74.3 Å². The van der Waals surface area contributed by atoms with E-state index < -0.39 is 85.9 Å². The number of hydrogen-bond acceptors (Lipinski definition) is 15. The highest BCUT2D eigenvalue weighted by Crippen LogP contribution is 2.47. The van der Waals surface area contributed by atoms with E-state index in [9.17, 15) is 40.0 Å². The van der Waals surface area contributed by atoms with Crippen LogP contribution in [-0.4, -0.2) is 109 Å². The van der Waals surface area contributed by atoms with Gasteiger partial charge in [0.1, 0.15) is 23.0 Å². The molecular weight excluding hydrogens is 797 g/mol. The van der Waals surface area contributed by atoms with Crippen LogP contribution < -0.4 is 14.2 Å². The molecule has 0 spiro atoms. The van der Waals surface area contributed by atoms with Crippen molar-refractivity contribution >= 4 is 23.7 Å². The van der Waals surface area contributed by atoms with E-state index in [1.807, 2.05) is 111 Å². The number of esters is 3. The third kappa shape index (κ3) is 10.1. The summed E-state index contributed by atoms with van der Waals surface area (Å²) in [7, 11) is 0. The van der Waals surface area contributed by atoms with E-state index in [2.05, 4.69) is 0 Å². The van der Waals surface area contributed by atoms with Crippen molar-refractivity contribution in [3.05, 3.63) is 17.7 Å². The molecule has 4 heterocycles. The van der Waals surface area contributed by atoms with E-state index in [-0.39, 0.29) is 73.5 Å². The molecular formula is C47H76N4O11. The van der Waals surface area contributed by atoms with Crippen LogP contribution in [0, 0.1) is 23.7 Å². The number of ketones is 1. The maximum Gasteiger partial charge on any atom is 0.314 e. The van der Waals surface area contributed by atoms with Crippen LogP contribution in [0.1, 0.15) is 168 Å². The van der Waals surface area contributed by atoms with E-state index >= 15 is 0 Å². The summed E-state index contributed by atoms with van der Waals surface area (Å²) in [6.45, 7) is 29.5. The molecule has 4 aliphatic rings. The Kier molecular flexibility index (Phi) is 13.3. The Morgan fingerprint density at radius 2 is 0.661 bits per heavy atom. The minimum atomic E-state index is -0.791. The summed E-state index contributed by atoms with van der Waals surface area (Å²) in [5.41, 5.74) is -6.05. The minimum Gasteiger partial charge on any atom is -0.426 e. The predicted molar refractivity (Wildman–Crippen MR) is 230 cm³/mol. The summed E-state index contributed by atoms with van der Waals surface area (Å²) < 4.78 is 18.7. The molecule has 0 unspecified atom stereocenters. The molecule has 0 amide bonds. The number of hydroxylamine groups is 8. The highest BCUT2D eigenvalue weighted by Gasteiger charge is 2.52. The third-order valence-electron chi connectivity index (χ3n) is 14.1. The zero-order chi connectivity index (χ0) is 47.1. The van der Waals surface area contributed by atoms with Gasteiger partial charge in [-0.1, -0.05) is 0 Å². The van der Waals surface area contributed by atoms with Crippen LogP contribution >= 0.6 is 0 Å². The predicted octanol–water partition coefficient (Wildman–Crippen LogP) is 8.15. The monoisotopic (exact) mass is 873 g/mol. The van der Waals surface area contributed by atoms with Gasteiger partial charge in [0.2, 0.25) is 0 Å². The summed E-state index contributed by atoms with van der Waals surface area (Å²) in [6, 6.07) is 2.79. The van der Waals surface area contributed by atoms with Gasteiger partial charge in [0.25, 0.3) is 0 Å². The van der Waals surface area contributed by atoms with Gasteiger partial charge in [-0.15, -0.1) is 0 Å². The molecule has 0 aromatic heterocycles. The zero-order valence-electron chi connectivity index (χ0n) is 40.3. The topological polar surface area (TPSA) is 190 Å². The normalized spacial score (nSPS) is 26.7. The van der Waals surface area contributed by atoms with Crippen LogP contribution in [0.4, 0.5) is 0 Å². The van der Waals surface area contributed by atoms with Crippen molar-refractivity contribution in [2.45, 2.75) is 213 Å².